The molecule has 0 saturated carbocycles. The maximum absolute atomic E-state index is 15.0. The third-order valence-corrected chi connectivity index (χ3v) is 7.27. The minimum absolute atomic E-state index is 0.0926. The van der Waals surface area contributed by atoms with Crippen molar-refractivity contribution in [2.75, 3.05) is 38.7 Å². The number of fused-ring (bicyclic) bond motifs is 1. The summed E-state index contributed by atoms with van der Waals surface area (Å²) in [6, 6.07) is 5.89. The van der Waals surface area contributed by atoms with Gasteiger partial charge in [-0.1, -0.05) is 6.07 Å². The third-order valence-electron chi connectivity index (χ3n) is 7.27. The molecular weight excluding hydrogens is 514 g/mol. The fraction of sp³-hybridized carbons (Fsp3) is 0.464. The first-order chi connectivity index (χ1) is 18.5. The highest BCUT2D eigenvalue weighted by molar-refractivity contribution is 5.72. The second kappa shape index (κ2) is 10.6. The van der Waals surface area contributed by atoms with E-state index in [9.17, 15) is 17.6 Å². The summed E-state index contributed by atoms with van der Waals surface area (Å²) < 4.78 is 68.3. The number of pyridine rings is 1. The molecule has 2 aromatic heterocycles. The van der Waals surface area contributed by atoms with E-state index in [0.717, 1.165) is 43.8 Å². The van der Waals surface area contributed by atoms with Crippen LogP contribution in [0.4, 0.5) is 23.2 Å². The number of piperidine rings is 1. The van der Waals surface area contributed by atoms with Gasteiger partial charge >= 0.3 is 6.11 Å². The lowest BCUT2D eigenvalue weighted by atomic mass is 9.90. The van der Waals surface area contributed by atoms with Gasteiger partial charge in [-0.3, -0.25) is 0 Å². The van der Waals surface area contributed by atoms with Gasteiger partial charge in [0.05, 0.1) is 31.1 Å². The molecule has 11 heteroatoms. The molecule has 0 aliphatic carbocycles. The molecule has 0 unspecified atom stereocenters. The number of rotatable bonds is 6. The fourth-order valence-electron chi connectivity index (χ4n) is 5.19. The average molecular weight is 546 g/mol. The van der Waals surface area contributed by atoms with Gasteiger partial charge in [-0.2, -0.15) is 8.78 Å². The summed E-state index contributed by atoms with van der Waals surface area (Å²) in [5.74, 6) is -1.18. The van der Waals surface area contributed by atoms with Gasteiger partial charge in [-0.15, -0.1) is 0 Å². The number of aromatic nitrogens is 3. The lowest BCUT2D eigenvalue weighted by Crippen LogP contribution is -2.48. The van der Waals surface area contributed by atoms with Crippen LogP contribution in [0.5, 0.6) is 11.6 Å². The minimum Gasteiger partial charge on any atom is -0.481 e. The highest BCUT2D eigenvalue weighted by Gasteiger charge is 2.43. The first kappa shape index (κ1) is 27.1. The number of alkyl halides is 2. The van der Waals surface area contributed by atoms with Crippen LogP contribution in [-0.4, -0.2) is 65.8 Å². The molecule has 4 heterocycles. The second-order valence-corrected chi connectivity index (χ2v) is 10.4. The van der Waals surface area contributed by atoms with E-state index in [4.69, 9.17) is 4.74 Å². The summed E-state index contributed by atoms with van der Waals surface area (Å²) in [5, 5.41) is 0. The maximum atomic E-state index is 15.0. The number of methoxy groups -OCH3 is 1. The number of halogens is 4. The van der Waals surface area contributed by atoms with Crippen molar-refractivity contribution in [3.63, 3.8) is 0 Å². The first-order valence-corrected chi connectivity index (χ1v) is 13.0. The molecule has 0 bridgehead atoms. The topological polar surface area (TPSA) is 63.6 Å². The number of ether oxygens (including phenoxy) is 2. The van der Waals surface area contributed by atoms with Gasteiger partial charge in [0, 0.05) is 17.2 Å². The quantitative estimate of drug-likeness (QED) is 0.383. The van der Waals surface area contributed by atoms with E-state index in [0.29, 0.717) is 17.5 Å². The Balaban J connectivity index is 1.44. The Bertz CT molecular complexity index is 1360. The zero-order valence-electron chi connectivity index (χ0n) is 22.3. The van der Waals surface area contributed by atoms with E-state index in [2.05, 4.69) is 31.6 Å². The molecule has 0 atom stereocenters. The van der Waals surface area contributed by atoms with Crippen molar-refractivity contribution >= 4 is 5.69 Å². The number of likely N-dealkylation sites (tertiary alicyclic amines) is 1. The first-order valence-electron chi connectivity index (χ1n) is 13.0. The SMILES string of the molecule is COc1nc(Cc2ncc(F)c(-c3cc(F)c4c(c3)N(C(C)C)CC(F)(F)O4)n2)ccc1C1CCN(C)CC1. The van der Waals surface area contributed by atoms with Gasteiger partial charge < -0.3 is 19.3 Å². The fourth-order valence-corrected chi connectivity index (χ4v) is 5.19. The minimum atomic E-state index is -3.55. The Labute approximate surface area is 224 Å². The van der Waals surface area contributed by atoms with Crippen LogP contribution >= 0.6 is 0 Å². The molecule has 0 spiro atoms. The lowest BCUT2D eigenvalue weighted by molar-refractivity contribution is -0.174. The van der Waals surface area contributed by atoms with E-state index >= 15 is 0 Å². The van der Waals surface area contributed by atoms with Crippen molar-refractivity contribution in [1.82, 2.24) is 19.9 Å². The van der Waals surface area contributed by atoms with E-state index < -0.39 is 30.0 Å². The molecular formula is C28H31F4N5O2. The van der Waals surface area contributed by atoms with Crippen molar-refractivity contribution in [2.45, 2.75) is 51.2 Å². The van der Waals surface area contributed by atoms with Crippen LogP contribution in [0, 0.1) is 11.6 Å². The number of hydrogen-bond donors (Lipinski definition) is 0. The van der Waals surface area contributed by atoms with Gasteiger partial charge in [-0.05, 0) is 70.9 Å². The molecule has 1 fully saturated rings. The summed E-state index contributed by atoms with van der Waals surface area (Å²) in [4.78, 5) is 16.7. The number of hydrogen-bond acceptors (Lipinski definition) is 7. The number of nitrogens with zero attached hydrogens (tertiary/aromatic N) is 5. The van der Waals surface area contributed by atoms with E-state index in [1.54, 1.807) is 21.0 Å². The lowest BCUT2D eigenvalue weighted by Gasteiger charge is -2.38. The Morgan fingerprint density at radius 3 is 2.54 bits per heavy atom. The summed E-state index contributed by atoms with van der Waals surface area (Å²) in [6.07, 6.45) is -0.300. The normalized spacial score (nSPS) is 17.7. The predicted molar refractivity (Wildman–Crippen MR) is 139 cm³/mol. The second-order valence-electron chi connectivity index (χ2n) is 10.4. The Hall–Kier alpha value is -3.47. The molecule has 2 aliphatic heterocycles. The van der Waals surface area contributed by atoms with Crippen LogP contribution in [0.2, 0.25) is 0 Å². The largest absolute Gasteiger partial charge is 0.481 e. The van der Waals surface area contributed by atoms with Crippen LogP contribution in [0.1, 0.15) is 49.7 Å². The summed E-state index contributed by atoms with van der Waals surface area (Å²) in [6.45, 7) is 4.68. The van der Waals surface area contributed by atoms with E-state index in [1.165, 1.54) is 11.0 Å². The molecule has 0 amide bonds. The summed E-state index contributed by atoms with van der Waals surface area (Å²) in [7, 11) is 3.69. The van der Waals surface area contributed by atoms with E-state index in [-0.39, 0.29) is 35.2 Å². The van der Waals surface area contributed by atoms with Crippen LogP contribution in [-0.2, 0) is 6.42 Å². The molecule has 1 aromatic carbocycles. The van der Waals surface area contributed by atoms with Crippen molar-refractivity contribution in [3.05, 3.63) is 59.2 Å². The number of benzene rings is 1. The number of anilines is 1. The summed E-state index contributed by atoms with van der Waals surface area (Å²) >= 11 is 0. The van der Waals surface area contributed by atoms with Crippen LogP contribution in [0.3, 0.4) is 0 Å². The highest BCUT2D eigenvalue weighted by atomic mass is 19.3. The highest BCUT2D eigenvalue weighted by Crippen LogP contribution is 2.44. The Kier molecular flexibility index (Phi) is 7.37. The van der Waals surface area contributed by atoms with Crippen LogP contribution < -0.4 is 14.4 Å². The molecule has 2 aliphatic rings. The van der Waals surface area contributed by atoms with Crippen LogP contribution in [0.25, 0.3) is 11.3 Å². The van der Waals surface area contributed by atoms with Crippen molar-refractivity contribution in [3.8, 4) is 22.9 Å². The van der Waals surface area contributed by atoms with Gasteiger partial charge in [0.2, 0.25) is 5.88 Å². The van der Waals surface area contributed by atoms with Gasteiger partial charge in [-0.25, -0.2) is 23.7 Å². The van der Waals surface area contributed by atoms with Crippen molar-refractivity contribution < 1.29 is 27.0 Å². The van der Waals surface area contributed by atoms with Crippen molar-refractivity contribution in [2.24, 2.45) is 0 Å². The zero-order chi connectivity index (χ0) is 27.9. The molecule has 0 N–H and O–H groups in total. The van der Waals surface area contributed by atoms with Gasteiger partial charge in [0.1, 0.15) is 18.1 Å². The third kappa shape index (κ3) is 5.63. The molecule has 39 heavy (non-hydrogen) atoms. The van der Waals surface area contributed by atoms with Gasteiger partial charge in [0.15, 0.2) is 17.4 Å². The molecule has 1 saturated heterocycles. The zero-order valence-corrected chi connectivity index (χ0v) is 22.3. The standard InChI is InChI=1S/C28H31F4N5O2/c1-16(2)37-15-28(31,32)39-26-21(29)11-18(12-23(26)37)25-22(30)14-33-24(35-25)13-19-5-6-20(27(34-19)38-4)17-7-9-36(3)10-8-17/h5-6,11-12,14,16-17H,7-10,13,15H2,1-4H3. The summed E-state index contributed by atoms with van der Waals surface area (Å²) in [5.41, 5.74) is 1.76. The average Bonchev–Trinajstić information content (AvgIpc) is 2.90. The monoisotopic (exact) mass is 545 g/mol. The van der Waals surface area contributed by atoms with E-state index in [1.807, 2.05) is 12.1 Å². The molecule has 3 aromatic rings. The van der Waals surface area contributed by atoms with Gasteiger partial charge in [0.25, 0.3) is 0 Å². The molecule has 208 valence electrons. The predicted octanol–water partition coefficient (Wildman–Crippen LogP) is 5.43. The van der Waals surface area contributed by atoms with Crippen molar-refractivity contribution in [1.29, 1.82) is 0 Å². The molecule has 0 radical (unpaired) electrons. The smallest absolute Gasteiger partial charge is 0.416 e. The Morgan fingerprint density at radius 2 is 1.85 bits per heavy atom. The molecule has 7 nitrogen and oxygen atoms in total. The van der Waals surface area contributed by atoms with Crippen LogP contribution in [0.15, 0.2) is 30.5 Å². The Morgan fingerprint density at radius 1 is 1.10 bits per heavy atom. The maximum Gasteiger partial charge on any atom is 0.416 e. The molecule has 5 rings (SSSR count).